The van der Waals surface area contributed by atoms with Gasteiger partial charge < -0.3 is 9.84 Å². The molecule has 3 heteroatoms. The zero-order valence-electron chi connectivity index (χ0n) is 11.7. The molecule has 1 aromatic rings. The fraction of sp³-hybridized carbons (Fsp3) is 0.353. The standard InChI is InChI=1S/C17H18O3/c1-11(18)14-10-20-17(2)9-13(16(19)8-15(14)17)12-6-4-3-5-7-12/h3-9,14-15,19H,10H2,1-2H3/t14-,15-,17-/m0/s1. The van der Waals surface area contributed by atoms with E-state index in [-0.39, 0.29) is 23.4 Å². The Labute approximate surface area is 118 Å². The van der Waals surface area contributed by atoms with Gasteiger partial charge in [-0.25, -0.2) is 0 Å². The third-order valence-electron chi connectivity index (χ3n) is 4.32. The molecule has 3 rings (SSSR count). The summed E-state index contributed by atoms with van der Waals surface area (Å²) in [5, 5.41) is 10.3. The van der Waals surface area contributed by atoms with Gasteiger partial charge in [-0.15, -0.1) is 0 Å². The number of ether oxygens (including phenoxy) is 1. The summed E-state index contributed by atoms with van der Waals surface area (Å²) in [6.45, 7) is 3.98. The van der Waals surface area contributed by atoms with E-state index in [0.29, 0.717) is 6.61 Å². The van der Waals surface area contributed by atoms with Crippen LogP contribution in [0.2, 0.25) is 0 Å². The molecular formula is C17H18O3. The first-order chi connectivity index (χ1) is 9.51. The topological polar surface area (TPSA) is 46.5 Å². The highest BCUT2D eigenvalue weighted by atomic mass is 16.5. The molecule has 0 aromatic heterocycles. The molecule has 20 heavy (non-hydrogen) atoms. The third-order valence-corrected chi connectivity index (χ3v) is 4.32. The Kier molecular flexibility index (Phi) is 3.02. The summed E-state index contributed by atoms with van der Waals surface area (Å²) in [4.78, 5) is 11.7. The van der Waals surface area contributed by atoms with E-state index in [4.69, 9.17) is 4.74 Å². The minimum atomic E-state index is -0.520. The summed E-state index contributed by atoms with van der Waals surface area (Å²) in [5.74, 6) is 0.0814. The molecule has 2 aliphatic rings. The molecule has 3 atom stereocenters. The van der Waals surface area contributed by atoms with E-state index in [1.165, 1.54) is 0 Å². The predicted octanol–water partition coefficient (Wildman–Crippen LogP) is 3.14. The first-order valence-electron chi connectivity index (χ1n) is 6.85. The lowest BCUT2D eigenvalue weighted by molar-refractivity contribution is -0.121. The van der Waals surface area contributed by atoms with E-state index in [0.717, 1.165) is 11.1 Å². The van der Waals surface area contributed by atoms with Crippen LogP contribution in [0.5, 0.6) is 0 Å². The highest BCUT2D eigenvalue weighted by Gasteiger charge is 2.48. The average Bonchev–Trinajstić information content (AvgIpc) is 2.76. The van der Waals surface area contributed by atoms with Crippen LogP contribution in [0, 0.1) is 11.8 Å². The van der Waals surface area contributed by atoms with Crippen LogP contribution in [0.4, 0.5) is 0 Å². The molecule has 104 valence electrons. The number of hydrogen-bond acceptors (Lipinski definition) is 3. The van der Waals surface area contributed by atoms with Crippen molar-refractivity contribution >= 4 is 11.4 Å². The second kappa shape index (κ2) is 4.60. The number of aliphatic hydroxyl groups excluding tert-OH is 1. The fourth-order valence-electron chi connectivity index (χ4n) is 3.13. The van der Waals surface area contributed by atoms with Gasteiger partial charge in [-0.2, -0.15) is 0 Å². The largest absolute Gasteiger partial charge is 0.508 e. The van der Waals surface area contributed by atoms with Gasteiger partial charge in [0.05, 0.1) is 18.1 Å². The molecule has 1 aliphatic carbocycles. The smallest absolute Gasteiger partial charge is 0.135 e. The summed E-state index contributed by atoms with van der Waals surface area (Å²) in [6, 6.07) is 9.72. The van der Waals surface area contributed by atoms with Gasteiger partial charge in [0.2, 0.25) is 0 Å². The van der Waals surface area contributed by atoms with Gasteiger partial charge >= 0.3 is 0 Å². The highest BCUT2D eigenvalue weighted by Crippen LogP contribution is 2.45. The quantitative estimate of drug-likeness (QED) is 0.898. The number of carbonyl (C=O) groups is 1. The molecule has 3 nitrogen and oxygen atoms in total. The number of carbonyl (C=O) groups excluding carboxylic acids is 1. The molecule has 0 unspecified atom stereocenters. The maximum absolute atomic E-state index is 11.7. The van der Waals surface area contributed by atoms with Crippen LogP contribution in [0.3, 0.4) is 0 Å². The number of ketones is 1. The van der Waals surface area contributed by atoms with Crippen LogP contribution in [0.15, 0.2) is 48.2 Å². The van der Waals surface area contributed by atoms with E-state index in [1.54, 1.807) is 13.0 Å². The van der Waals surface area contributed by atoms with Crippen molar-refractivity contribution in [3.8, 4) is 0 Å². The normalized spacial score (nSPS) is 32.3. The van der Waals surface area contributed by atoms with Gasteiger partial charge in [0.25, 0.3) is 0 Å². The Hall–Kier alpha value is -1.87. The number of fused-ring (bicyclic) bond motifs is 1. The zero-order chi connectivity index (χ0) is 14.3. The Morgan fingerprint density at radius 2 is 2.05 bits per heavy atom. The van der Waals surface area contributed by atoms with Gasteiger partial charge in [-0.1, -0.05) is 30.3 Å². The van der Waals surface area contributed by atoms with Crippen molar-refractivity contribution in [1.29, 1.82) is 0 Å². The third kappa shape index (κ3) is 1.98. The summed E-state index contributed by atoms with van der Waals surface area (Å²) >= 11 is 0. The van der Waals surface area contributed by atoms with Gasteiger partial charge in [0.15, 0.2) is 0 Å². The van der Waals surface area contributed by atoms with Gasteiger partial charge in [-0.05, 0) is 31.6 Å². The lowest BCUT2D eigenvalue weighted by atomic mass is 9.75. The molecular weight excluding hydrogens is 252 g/mol. The van der Waals surface area contributed by atoms with Crippen molar-refractivity contribution in [2.24, 2.45) is 11.8 Å². The minimum Gasteiger partial charge on any atom is -0.508 e. The fourth-order valence-corrected chi connectivity index (χ4v) is 3.13. The summed E-state index contributed by atoms with van der Waals surface area (Å²) in [7, 11) is 0. The number of hydrogen-bond donors (Lipinski definition) is 1. The Morgan fingerprint density at radius 1 is 1.35 bits per heavy atom. The molecule has 0 spiro atoms. The van der Waals surface area contributed by atoms with Crippen LogP contribution in [-0.4, -0.2) is 23.1 Å². The molecule has 1 heterocycles. The van der Waals surface area contributed by atoms with E-state index < -0.39 is 5.60 Å². The van der Waals surface area contributed by atoms with Crippen LogP contribution in [-0.2, 0) is 9.53 Å². The van der Waals surface area contributed by atoms with Gasteiger partial charge in [-0.3, -0.25) is 4.79 Å². The molecule has 0 radical (unpaired) electrons. The SMILES string of the molecule is CC(=O)[C@@H]1CO[C@@]2(C)C=C(c3ccccc3)C(O)=C[C@@H]12. The van der Waals surface area contributed by atoms with Crippen molar-refractivity contribution in [1.82, 2.24) is 0 Å². The Morgan fingerprint density at radius 3 is 2.70 bits per heavy atom. The highest BCUT2D eigenvalue weighted by molar-refractivity contribution is 5.83. The van der Waals surface area contributed by atoms with Crippen molar-refractivity contribution in [3.05, 3.63) is 53.8 Å². The van der Waals surface area contributed by atoms with E-state index >= 15 is 0 Å². The predicted molar refractivity (Wildman–Crippen MR) is 77.1 cm³/mol. The minimum absolute atomic E-state index is 0.0903. The van der Waals surface area contributed by atoms with E-state index in [9.17, 15) is 9.90 Å². The number of benzene rings is 1. The number of Topliss-reactive ketones (excluding diaryl/α,β-unsaturated/α-hetero) is 1. The lowest BCUT2D eigenvalue weighted by Crippen LogP contribution is -2.34. The second-order valence-electron chi connectivity index (χ2n) is 5.71. The van der Waals surface area contributed by atoms with Crippen molar-refractivity contribution in [2.75, 3.05) is 6.61 Å². The summed E-state index contributed by atoms with van der Waals surface area (Å²) < 4.78 is 5.87. The van der Waals surface area contributed by atoms with Crippen LogP contribution < -0.4 is 0 Å². The Bertz CT molecular complexity index is 600. The average molecular weight is 270 g/mol. The van der Waals surface area contributed by atoms with Crippen LogP contribution in [0.1, 0.15) is 19.4 Å². The number of rotatable bonds is 2. The maximum Gasteiger partial charge on any atom is 0.135 e. The molecule has 0 saturated carbocycles. The molecule has 1 N–H and O–H groups in total. The van der Waals surface area contributed by atoms with Gasteiger partial charge in [0.1, 0.15) is 11.5 Å². The summed E-state index contributed by atoms with van der Waals surface area (Å²) in [6.07, 6.45) is 3.73. The first kappa shape index (κ1) is 13.1. The molecule has 1 saturated heterocycles. The zero-order valence-corrected chi connectivity index (χ0v) is 11.7. The molecule has 0 amide bonds. The van der Waals surface area contributed by atoms with Crippen molar-refractivity contribution in [2.45, 2.75) is 19.4 Å². The molecule has 0 bridgehead atoms. The molecule has 1 aliphatic heterocycles. The lowest BCUT2D eigenvalue weighted by Gasteiger charge is -2.32. The van der Waals surface area contributed by atoms with Crippen molar-refractivity contribution < 1.29 is 14.6 Å². The first-order valence-corrected chi connectivity index (χ1v) is 6.85. The summed E-state index contributed by atoms with van der Waals surface area (Å²) in [5.41, 5.74) is 1.21. The maximum atomic E-state index is 11.7. The monoisotopic (exact) mass is 270 g/mol. The molecule has 1 aromatic carbocycles. The number of allylic oxidation sites excluding steroid dienone is 1. The Balaban J connectivity index is 2.02. The van der Waals surface area contributed by atoms with E-state index in [2.05, 4.69) is 0 Å². The van der Waals surface area contributed by atoms with Crippen molar-refractivity contribution in [3.63, 3.8) is 0 Å². The van der Waals surface area contributed by atoms with E-state index in [1.807, 2.05) is 43.3 Å². The molecule has 1 fully saturated rings. The number of aliphatic hydroxyl groups is 1. The van der Waals surface area contributed by atoms with Crippen LogP contribution >= 0.6 is 0 Å². The second-order valence-corrected chi connectivity index (χ2v) is 5.71. The van der Waals surface area contributed by atoms with Crippen LogP contribution in [0.25, 0.3) is 5.57 Å². The van der Waals surface area contributed by atoms with Gasteiger partial charge in [0, 0.05) is 11.5 Å².